The molecule has 0 aliphatic heterocycles. The highest BCUT2D eigenvalue weighted by atomic mass is 35.5. The molecule has 0 atom stereocenters. The average molecular weight is 427 g/mol. The van der Waals surface area contributed by atoms with Crippen LogP contribution >= 0.6 is 23.8 Å². The van der Waals surface area contributed by atoms with Crippen LogP contribution in [0.2, 0.25) is 5.02 Å². The summed E-state index contributed by atoms with van der Waals surface area (Å²) in [6.45, 7) is 0.820. The molecule has 0 heterocycles. The maximum absolute atomic E-state index is 12.3. The molecule has 5 nitrogen and oxygen atoms in total. The van der Waals surface area contributed by atoms with Gasteiger partial charge < -0.3 is 14.8 Å². The highest BCUT2D eigenvalue weighted by Gasteiger charge is 2.09. The lowest BCUT2D eigenvalue weighted by atomic mass is 10.2. The summed E-state index contributed by atoms with van der Waals surface area (Å²) in [5.41, 5.74) is 1.09. The van der Waals surface area contributed by atoms with E-state index in [1.807, 2.05) is 42.5 Å². The van der Waals surface area contributed by atoms with Crippen LogP contribution in [0.5, 0.6) is 11.5 Å². The van der Waals surface area contributed by atoms with Crippen molar-refractivity contribution in [3.05, 3.63) is 89.4 Å². The molecule has 1 amide bonds. The number of amides is 1. The van der Waals surface area contributed by atoms with Gasteiger partial charge in [-0.05, 0) is 60.7 Å². The summed E-state index contributed by atoms with van der Waals surface area (Å²) in [5, 5.41) is 6.21. The van der Waals surface area contributed by atoms with E-state index in [9.17, 15) is 4.79 Å². The van der Waals surface area contributed by atoms with Gasteiger partial charge in [0.2, 0.25) is 0 Å². The largest absolute Gasteiger partial charge is 0.490 e. The number of anilines is 1. The summed E-state index contributed by atoms with van der Waals surface area (Å²) >= 11 is 11.2. The van der Waals surface area contributed by atoms with Crippen molar-refractivity contribution < 1.29 is 14.3 Å². The maximum atomic E-state index is 12.3. The van der Waals surface area contributed by atoms with Gasteiger partial charge in [0.05, 0.1) is 10.7 Å². The number of carbonyl (C=O) groups excluding carboxylic acids is 1. The lowest BCUT2D eigenvalue weighted by molar-refractivity contribution is 0.0977. The van der Waals surface area contributed by atoms with Gasteiger partial charge in [0, 0.05) is 5.56 Å². The van der Waals surface area contributed by atoms with Gasteiger partial charge in [-0.25, -0.2) is 0 Å². The minimum absolute atomic E-state index is 0.168. The number of thiocarbonyl (C=S) groups is 1. The molecule has 0 saturated heterocycles. The summed E-state index contributed by atoms with van der Waals surface area (Å²) in [4.78, 5) is 12.3. The molecule has 0 fully saturated rings. The molecule has 0 bridgehead atoms. The van der Waals surface area contributed by atoms with Gasteiger partial charge in [-0.3, -0.25) is 10.1 Å². The molecule has 7 heteroatoms. The number of rotatable bonds is 7. The highest BCUT2D eigenvalue weighted by Crippen LogP contribution is 2.20. The maximum Gasteiger partial charge on any atom is 0.257 e. The molecule has 0 spiro atoms. The van der Waals surface area contributed by atoms with Gasteiger partial charge in [-0.15, -0.1) is 0 Å². The van der Waals surface area contributed by atoms with Crippen LogP contribution in [-0.2, 0) is 0 Å². The Bertz CT molecular complexity index is 965. The molecule has 0 unspecified atom stereocenters. The van der Waals surface area contributed by atoms with Crippen molar-refractivity contribution in [2.45, 2.75) is 0 Å². The lowest BCUT2D eigenvalue weighted by Gasteiger charge is -2.11. The molecule has 148 valence electrons. The first-order chi connectivity index (χ1) is 14.1. The first kappa shape index (κ1) is 20.6. The van der Waals surface area contributed by atoms with Gasteiger partial charge in [-0.2, -0.15) is 0 Å². The van der Waals surface area contributed by atoms with Crippen molar-refractivity contribution in [2.24, 2.45) is 0 Å². The summed E-state index contributed by atoms with van der Waals surface area (Å²) in [7, 11) is 0. The zero-order valence-electron chi connectivity index (χ0n) is 15.4. The summed E-state index contributed by atoms with van der Waals surface area (Å²) < 4.78 is 11.2. The van der Waals surface area contributed by atoms with Crippen LogP contribution < -0.4 is 20.1 Å². The second-order valence-electron chi connectivity index (χ2n) is 5.92. The Kier molecular flexibility index (Phi) is 7.44. The standard InChI is InChI=1S/C22H19ClN2O3S/c23-19-8-4-5-9-20(19)24-22(29)25-21(26)16-10-12-18(13-11-16)28-15-14-27-17-6-2-1-3-7-17/h1-13H,14-15H2,(H2,24,25,26,29). The molecule has 2 N–H and O–H groups in total. The SMILES string of the molecule is O=C(NC(=S)Nc1ccccc1Cl)c1ccc(OCCOc2ccccc2)cc1. The summed E-state index contributed by atoms with van der Waals surface area (Å²) in [6, 6.07) is 23.5. The fourth-order valence-electron chi connectivity index (χ4n) is 2.43. The van der Waals surface area contributed by atoms with Gasteiger partial charge in [-0.1, -0.05) is 41.9 Å². The van der Waals surface area contributed by atoms with Crippen LogP contribution in [-0.4, -0.2) is 24.2 Å². The summed E-state index contributed by atoms with van der Waals surface area (Å²) in [6.07, 6.45) is 0. The molecular formula is C22H19ClN2O3S. The van der Waals surface area contributed by atoms with Crippen molar-refractivity contribution in [2.75, 3.05) is 18.5 Å². The van der Waals surface area contributed by atoms with E-state index in [1.165, 1.54) is 0 Å². The molecule has 3 rings (SSSR count). The quantitative estimate of drug-likeness (QED) is 0.414. The van der Waals surface area contributed by atoms with E-state index in [2.05, 4.69) is 10.6 Å². The first-order valence-corrected chi connectivity index (χ1v) is 9.68. The number of hydrogen-bond acceptors (Lipinski definition) is 4. The average Bonchev–Trinajstić information content (AvgIpc) is 2.74. The minimum Gasteiger partial charge on any atom is -0.490 e. The van der Waals surface area contributed by atoms with Crippen molar-refractivity contribution in [3.63, 3.8) is 0 Å². The lowest BCUT2D eigenvalue weighted by Crippen LogP contribution is -2.34. The third-order valence-electron chi connectivity index (χ3n) is 3.83. The van der Waals surface area contributed by atoms with E-state index in [0.29, 0.717) is 35.2 Å². The Morgan fingerprint density at radius 3 is 2.07 bits per heavy atom. The van der Waals surface area contributed by atoms with Crippen LogP contribution in [0.15, 0.2) is 78.9 Å². The van der Waals surface area contributed by atoms with Crippen LogP contribution in [0.3, 0.4) is 0 Å². The van der Waals surface area contributed by atoms with E-state index < -0.39 is 0 Å². The number of carbonyl (C=O) groups is 1. The number of ether oxygens (including phenoxy) is 2. The second kappa shape index (κ2) is 10.5. The molecule has 0 aliphatic rings. The normalized spacial score (nSPS) is 10.1. The number of para-hydroxylation sites is 2. The van der Waals surface area contributed by atoms with E-state index in [4.69, 9.17) is 33.3 Å². The Hall–Kier alpha value is -3.09. The molecule has 0 aliphatic carbocycles. The predicted octanol–water partition coefficient (Wildman–Crippen LogP) is 4.92. The van der Waals surface area contributed by atoms with Crippen LogP contribution in [0.1, 0.15) is 10.4 Å². The Morgan fingerprint density at radius 2 is 1.41 bits per heavy atom. The number of halogens is 1. The van der Waals surface area contributed by atoms with Crippen molar-refractivity contribution in [1.29, 1.82) is 0 Å². The molecule has 0 radical (unpaired) electrons. The fourth-order valence-corrected chi connectivity index (χ4v) is 2.82. The number of nitrogens with one attached hydrogen (secondary N) is 2. The molecule has 3 aromatic rings. The van der Waals surface area contributed by atoms with Gasteiger partial charge in [0.1, 0.15) is 24.7 Å². The van der Waals surface area contributed by atoms with Crippen LogP contribution in [0, 0.1) is 0 Å². The van der Waals surface area contributed by atoms with E-state index >= 15 is 0 Å². The van der Waals surface area contributed by atoms with Gasteiger partial charge >= 0.3 is 0 Å². The van der Waals surface area contributed by atoms with E-state index in [1.54, 1.807) is 36.4 Å². The van der Waals surface area contributed by atoms with Crippen molar-refractivity contribution in [1.82, 2.24) is 5.32 Å². The highest BCUT2D eigenvalue weighted by molar-refractivity contribution is 7.80. The summed E-state index contributed by atoms with van der Waals surface area (Å²) in [5.74, 6) is 1.12. The molecule has 0 saturated carbocycles. The molecule has 29 heavy (non-hydrogen) atoms. The number of benzene rings is 3. The monoisotopic (exact) mass is 426 g/mol. The molecular weight excluding hydrogens is 408 g/mol. The Labute approximate surface area is 179 Å². The third-order valence-corrected chi connectivity index (χ3v) is 4.36. The van der Waals surface area contributed by atoms with Crippen LogP contribution in [0.4, 0.5) is 5.69 Å². The zero-order chi connectivity index (χ0) is 20.5. The Balaban J connectivity index is 1.44. The van der Waals surface area contributed by atoms with Crippen molar-refractivity contribution >= 4 is 40.5 Å². The zero-order valence-corrected chi connectivity index (χ0v) is 17.0. The predicted molar refractivity (Wildman–Crippen MR) is 119 cm³/mol. The molecule has 0 aromatic heterocycles. The fraction of sp³-hybridized carbons (Fsp3) is 0.0909. The van der Waals surface area contributed by atoms with E-state index in [-0.39, 0.29) is 11.0 Å². The molecule has 3 aromatic carbocycles. The second-order valence-corrected chi connectivity index (χ2v) is 6.74. The topological polar surface area (TPSA) is 59.6 Å². The van der Waals surface area contributed by atoms with Gasteiger partial charge in [0.25, 0.3) is 5.91 Å². The third kappa shape index (κ3) is 6.48. The van der Waals surface area contributed by atoms with Gasteiger partial charge in [0.15, 0.2) is 5.11 Å². The first-order valence-electron chi connectivity index (χ1n) is 8.89. The van der Waals surface area contributed by atoms with Crippen LogP contribution in [0.25, 0.3) is 0 Å². The van der Waals surface area contributed by atoms with E-state index in [0.717, 1.165) is 5.75 Å². The smallest absolute Gasteiger partial charge is 0.257 e. The van der Waals surface area contributed by atoms with Crippen molar-refractivity contribution in [3.8, 4) is 11.5 Å². The number of hydrogen-bond donors (Lipinski definition) is 2. The Morgan fingerprint density at radius 1 is 0.828 bits per heavy atom. The minimum atomic E-state index is -0.325.